The highest BCUT2D eigenvalue weighted by Gasteiger charge is 2.39. The van der Waals surface area contributed by atoms with Gasteiger partial charge in [-0.2, -0.15) is 0 Å². The number of amides is 4. The van der Waals surface area contributed by atoms with E-state index in [1.165, 1.54) is 20.6 Å². The summed E-state index contributed by atoms with van der Waals surface area (Å²) in [6.45, 7) is 4.89. The van der Waals surface area contributed by atoms with Gasteiger partial charge in [-0.05, 0) is 61.6 Å². The number of carbonyl (C=O) groups excluding carboxylic acids is 4. The van der Waals surface area contributed by atoms with Crippen LogP contribution < -0.4 is 10.6 Å². The zero-order valence-corrected chi connectivity index (χ0v) is 35.9. The number of aromatic nitrogens is 6. The second kappa shape index (κ2) is 18.7. The molecule has 4 N–H and O–H groups in total. The van der Waals surface area contributed by atoms with Crippen LogP contribution >= 0.6 is 0 Å². The van der Waals surface area contributed by atoms with Gasteiger partial charge < -0.3 is 39.9 Å². The summed E-state index contributed by atoms with van der Waals surface area (Å²) in [5.74, 6) is 1.33. The number of benzene rings is 2. The summed E-state index contributed by atoms with van der Waals surface area (Å²) in [5.41, 5.74) is 6.62. The Kier molecular flexibility index (Phi) is 12.8. The largest absolute Gasteiger partial charge is 0.453 e. The van der Waals surface area contributed by atoms with Crippen molar-refractivity contribution in [1.29, 1.82) is 0 Å². The maximum Gasteiger partial charge on any atom is 0.407 e. The van der Waals surface area contributed by atoms with Crippen molar-refractivity contribution in [1.82, 2.24) is 50.3 Å². The van der Waals surface area contributed by atoms with Gasteiger partial charge in [0.2, 0.25) is 5.91 Å². The van der Waals surface area contributed by atoms with Crippen molar-refractivity contribution < 1.29 is 28.7 Å². The smallest absolute Gasteiger partial charge is 0.407 e. The lowest BCUT2D eigenvalue weighted by Crippen LogP contribution is -2.49. The molecule has 62 heavy (non-hydrogen) atoms. The van der Waals surface area contributed by atoms with Crippen LogP contribution in [0.5, 0.6) is 0 Å². The van der Waals surface area contributed by atoms with E-state index in [1.54, 1.807) is 23.5 Å². The quantitative estimate of drug-likeness (QED) is 0.0976. The molecule has 1 unspecified atom stereocenters. The zero-order valence-electron chi connectivity index (χ0n) is 35.9. The van der Waals surface area contributed by atoms with Crippen molar-refractivity contribution in [2.45, 2.75) is 102 Å². The molecule has 0 bridgehead atoms. The minimum Gasteiger partial charge on any atom is -0.453 e. The highest BCUT2D eigenvalue weighted by molar-refractivity contribution is 5.87. The van der Waals surface area contributed by atoms with Crippen LogP contribution in [0, 0.1) is 11.8 Å². The highest BCUT2D eigenvalue weighted by Crippen LogP contribution is 2.36. The van der Waals surface area contributed by atoms with Gasteiger partial charge in [-0.15, -0.1) is 0 Å². The molecular weight excluding hydrogens is 789 g/mol. The number of aromatic amines is 2. The van der Waals surface area contributed by atoms with Crippen LogP contribution in [-0.2, 0) is 19.1 Å². The van der Waals surface area contributed by atoms with Gasteiger partial charge in [-0.25, -0.2) is 24.5 Å². The van der Waals surface area contributed by atoms with Crippen molar-refractivity contribution >= 4 is 35.0 Å². The lowest BCUT2D eigenvalue weighted by molar-refractivity contribution is -0.143. The predicted molar refractivity (Wildman–Crippen MR) is 232 cm³/mol. The average molecular weight is 845 g/mol. The number of nitrogens with zero attached hydrogens (tertiary/aromatic N) is 6. The third-order valence-corrected chi connectivity index (χ3v) is 12.6. The fraction of sp³-hybridized carbons (Fsp3) is 0.478. The minimum absolute atomic E-state index is 0.0862. The Morgan fingerprint density at radius 3 is 1.97 bits per heavy atom. The Morgan fingerprint density at radius 1 is 0.726 bits per heavy atom. The number of hydrogen-bond donors (Lipinski definition) is 4. The number of likely N-dealkylation sites (tertiary alicyclic amines) is 2. The van der Waals surface area contributed by atoms with Crippen molar-refractivity contribution in [3.05, 3.63) is 72.7 Å². The van der Waals surface area contributed by atoms with Gasteiger partial charge in [0.25, 0.3) is 5.91 Å². The van der Waals surface area contributed by atoms with E-state index in [2.05, 4.69) is 25.6 Å². The third-order valence-electron chi connectivity index (χ3n) is 12.6. The fourth-order valence-electron chi connectivity index (χ4n) is 9.26. The van der Waals surface area contributed by atoms with Crippen LogP contribution in [0.2, 0.25) is 0 Å². The molecule has 4 amide bonds. The molecular formula is C46H56N10O6. The average Bonchev–Trinajstić information content (AvgIpc) is 4.15. The number of hydrogen-bond acceptors (Lipinski definition) is 10. The van der Waals surface area contributed by atoms with E-state index in [0.717, 1.165) is 102 Å². The standard InChI is InChI=1S/C46H56N10O6/c1-27(2)40(62-45(59)47-3)44(58)56-21-9-13-39(56)42-49-25-36(52-42)30-16-14-29(15-17-30)35-24-48-33-23-31(18-19-32(33)51-35)37-26-50-41(53-37)38-12-8-20-55(38)43(57)34(54-46(60)61-4)22-28-10-6-5-7-11-28/h14-19,23-28,34,38-40H,5-13,20-22H2,1-4H3,(H,47,59)(H,49,52)(H,50,53)(H,54,60)/t34-,38-,39?,40-/m0/s1. The molecule has 16 heteroatoms. The zero-order chi connectivity index (χ0) is 43.3. The van der Waals surface area contributed by atoms with Gasteiger partial charge in [-0.1, -0.05) is 76.3 Å². The van der Waals surface area contributed by atoms with E-state index in [4.69, 9.17) is 24.4 Å². The summed E-state index contributed by atoms with van der Waals surface area (Å²) in [7, 11) is 2.80. The van der Waals surface area contributed by atoms with Gasteiger partial charge >= 0.3 is 12.2 Å². The molecule has 1 saturated carbocycles. The Balaban J connectivity index is 0.929. The van der Waals surface area contributed by atoms with E-state index < -0.39 is 24.3 Å². The number of H-pyrrole nitrogens is 2. The molecule has 3 aromatic heterocycles. The van der Waals surface area contributed by atoms with Crippen LogP contribution in [0.15, 0.2) is 61.1 Å². The SMILES string of the molecule is CNC(=O)O[C@H](C(=O)N1CCCC1c1ncc(-c2ccc(-c3cnc4cc(-c5cnc([C@@H]6CCCN6C(=O)[C@H](CC6CCCCC6)NC(=O)OC)[nH]5)ccc4n3)cc2)[nH]1)C(C)C. The van der Waals surface area contributed by atoms with Crippen molar-refractivity contribution in [3.63, 3.8) is 0 Å². The molecule has 16 nitrogen and oxygen atoms in total. The Hall–Kier alpha value is -6.32. The van der Waals surface area contributed by atoms with E-state index >= 15 is 0 Å². The summed E-state index contributed by atoms with van der Waals surface area (Å²) >= 11 is 0. The van der Waals surface area contributed by atoms with Crippen molar-refractivity contribution in [2.75, 3.05) is 27.2 Å². The first-order chi connectivity index (χ1) is 30.1. The highest BCUT2D eigenvalue weighted by atomic mass is 16.6. The molecule has 2 saturated heterocycles. The van der Waals surface area contributed by atoms with Gasteiger partial charge in [0.15, 0.2) is 6.10 Å². The topological polar surface area (TPSA) is 200 Å². The maximum atomic E-state index is 14.0. The monoisotopic (exact) mass is 844 g/mol. The first-order valence-corrected chi connectivity index (χ1v) is 21.9. The Morgan fingerprint density at radius 2 is 1.34 bits per heavy atom. The Labute approximate surface area is 361 Å². The van der Waals surface area contributed by atoms with Gasteiger partial charge in [0.05, 0.1) is 65.9 Å². The van der Waals surface area contributed by atoms with Crippen molar-refractivity contribution in [2.24, 2.45) is 11.8 Å². The van der Waals surface area contributed by atoms with Crippen LogP contribution in [0.4, 0.5) is 9.59 Å². The maximum absolute atomic E-state index is 14.0. The number of alkyl carbamates (subject to hydrolysis) is 2. The number of nitrogens with one attached hydrogen (secondary N) is 4. The number of imidazole rings is 2. The number of carbonyl (C=O) groups is 4. The van der Waals surface area contributed by atoms with E-state index in [0.29, 0.717) is 31.3 Å². The summed E-state index contributed by atoms with van der Waals surface area (Å²) in [6, 6.07) is 12.8. The van der Waals surface area contributed by atoms with E-state index in [-0.39, 0.29) is 29.8 Å². The first kappa shape index (κ1) is 42.4. The second-order valence-corrected chi connectivity index (χ2v) is 17.0. The number of fused-ring (bicyclic) bond motifs is 1. The predicted octanol–water partition coefficient (Wildman–Crippen LogP) is 7.48. The molecule has 0 spiro atoms. The molecule has 3 aliphatic rings. The molecule has 5 heterocycles. The van der Waals surface area contributed by atoms with Crippen molar-refractivity contribution in [3.8, 4) is 33.8 Å². The van der Waals surface area contributed by atoms with Gasteiger partial charge in [-0.3, -0.25) is 14.6 Å². The summed E-state index contributed by atoms with van der Waals surface area (Å²) < 4.78 is 10.3. The van der Waals surface area contributed by atoms with Crippen LogP contribution in [0.25, 0.3) is 44.8 Å². The van der Waals surface area contributed by atoms with Crippen LogP contribution in [0.3, 0.4) is 0 Å². The number of rotatable bonds is 12. The molecule has 5 aromatic rings. The molecule has 0 radical (unpaired) electrons. The lowest BCUT2D eigenvalue weighted by atomic mass is 9.84. The number of methoxy groups -OCH3 is 1. The first-order valence-electron chi connectivity index (χ1n) is 21.9. The van der Waals surface area contributed by atoms with Gasteiger partial charge in [0.1, 0.15) is 17.7 Å². The third kappa shape index (κ3) is 9.14. The van der Waals surface area contributed by atoms with Gasteiger partial charge in [0, 0.05) is 31.3 Å². The number of ether oxygens (including phenoxy) is 2. The van der Waals surface area contributed by atoms with E-state index in [1.807, 2.05) is 61.2 Å². The molecule has 326 valence electrons. The second-order valence-electron chi connectivity index (χ2n) is 17.0. The molecule has 3 fully saturated rings. The molecule has 2 aromatic carbocycles. The molecule has 1 aliphatic carbocycles. The Bertz CT molecular complexity index is 2390. The molecule has 2 aliphatic heterocycles. The normalized spacial score (nSPS) is 19.1. The minimum atomic E-state index is -0.885. The molecule has 8 rings (SSSR count). The fourth-order valence-corrected chi connectivity index (χ4v) is 9.26. The molecule has 4 atom stereocenters. The van der Waals surface area contributed by atoms with Crippen LogP contribution in [0.1, 0.15) is 102 Å². The van der Waals surface area contributed by atoms with E-state index in [9.17, 15) is 19.2 Å². The summed E-state index contributed by atoms with van der Waals surface area (Å²) in [4.78, 5) is 81.5. The lowest BCUT2D eigenvalue weighted by Gasteiger charge is -2.31. The summed E-state index contributed by atoms with van der Waals surface area (Å²) in [6.07, 6.45) is 12.8. The van der Waals surface area contributed by atoms with Crippen LogP contribution in [-0.4, -0.2) is 103 Å². The summed E-state index contributed by atoms with van der Waals surface area (Å²) in [5, 5.41) is 5.27.